The summed E-state index contributed by atoms with van der Waals surface area (Å²) in [6.45, 7) is 3.40. The molecule has 72 valence electrons. The number of hydrogen-bond donors (Lipinski definition) is 2. The smallest absolute Gasteiger partial charge is 0.0556 e. The molecule has 12 heavy (non-hydrogen) atoms. The summed E-state index contributed by atoms with van der Waals surface area (Å²) in [6, 6.07) is 0.627. The fraction of sp³-hybridized carbons (Fsp3) is 1.00. The molecule has 2 N–H and O–H groups in total. The molecule has 1 atom stereocenters. The number of likely N-dealkylation sites (tertiary alicyclic amines) is 1. The molecule has 1 unspecified atom stereocenters. The molecule has 0 aliphatic carbocycles. The maximum absolute atomic E-state index is 8.65. The third kappa shape index (κ3) is 3.52. The molecule has 1 heterocycles. The second-order valence-corrected chi connectivity index (χ2v) is 3.61. The average molecular weight is 172 g/mol. The van der Waals surface area contributed by atoms with Gasteiger partial charge in [0.25, 0.3) is 0 Å². The highest BCUT2D eigenvalue weighted by Gasteiger charge is 2.13. The van der Waals surface area contributed by atoms with Gasteiger partial charge in [0.05, 0.1) is 6.61 Å². The highest BCUT2D eigenvalue weighted by atomic mass is 16.3. The molecule has 0 bridgehead atoms. The van der Waals surface area contributed by atoms with Crippen molar-refractivity contribution < 1.29 is 5.11 Å². The van der Waals surface area contributed by atoms with Crippen molar-refractivity contribution in [1.29, 1.82) is 0 Å². The summed E-state index contributed by atoms with van der Waals surface area (Å²) in [5, 5.41) is 12.0. The molecule has 1 saturated heterocycles. The zero-order chi connectivity index (χ0) is 8.81. The first kappa shape index (κ1) is 9.96. The first-order valence-electron chi connectivity index (χ1n) is 4.85. The number of nitrogens with zero attached hydrogens (tertiary/aromatic N) is 1. The highest BCUT2D eigenvalue weighted by molar-refractivity contribution is 4.72. The number of nitrogens with one attached hydrogen (secondary N) is 1. The molecule has 0 amide bonds. The number of aliphatic hydroxyl groups excluding tert-OH is 1. The van der Waals surface area contributed by atoms with Gasteiger partial charge >= 0.3 is 0 Å². The third-order valence-corrected chi connectivity index (χ3v) is 2.50. The molecule has 1 rings (SSSR count). The van der Waals surface area contributed by atoms with Crippen LogP contribution >= 0.6 is 0 Å². The molecule has 0 aromatic heterocycles. The minimum absolute atomic E-state index is 0.256. The van der Waals surface area contributed by atoms with Crippen molar-refractivity contribution >= 4 is 0 Å². The average Bonchev–Trinajstić information content (AvgIpc) is 2.27. The van der Waals surface area contributed by atoms with Gasteiger partial charge in [-0.05, 0) is 39.4 Å². The van der Waals surface area contributed by atoms with Gasteiger partial charge in [-0.2, -0.15) is 0 Å². The van der Waals surface area contributed by atoms with Crippen LogP contribution in [-0.4, -0.2) is 49.3 Å². The summed E-state index contributed by atoms with van der Waals surface area (Å²) in [5.41, 5.74) is 0. The first-order valence-corrected chi connectivity index (χ1v) is 4.85. The molecule has 0 saturated carbocycles. The van der Waals surface area contributed by atoms with Crippen LogP contribution in [0.2, 0.25) is 0 Å². The van der Waals surface area contributed by atoms with Crippen molar-refractivity contribution in [3.63, 3.8) is 0 Å². The lowest BCUT2D eigenvalue weighted by Crippen LogP contribution is -2.32. The molecule has 1 aliphatic heterocycles. The number of aliphatic hydroxyl groups is 1. The van der Waals surface area contributed by atoms with Crippen LogP contribution in [0, 0.1) is 0 Å². The summed E-state index contributed by atoms with van der Waals surface area (Å²) in [7, 11) is 2.18. The Kier molecular flexibility index (Phi) is 4.58. The molecule has 0 aromatic carbocycles. The zero-order valence-corrected chi connectivity index (χ0v) is 7.92. The van der Waals surface area contributed by atoms with E-state index >= 15 is 0 Å². The van der Waals surface area contributed by atoms with Crippen LogP contribution in [0.3, 0.4) is 0 Å². The second-order valence-electron chi connectivity index (χ2n) is 3.61. The van der Waals surface area contributed by atoms with Gasteiger partial charge in [-0.25, -0.2) is 0 Å². The maximum atomic E-state index is 8.65. The van der Waals surface area contributed by atoms with Crippen LogP contribution in [0.4, 0.5) is 0 Å². The Labute approximate surface area is 74.8 Å². The predicted octanol–water partition coefficient (Wildman–Crippen LogP) is 0.0526. The van der Waals surface area contributed by atoms with E-state index in [1.807, 2.05) is 0 Å². The van der Waals surface area contributed by atoms with Gasteiger partial charge in [-0.15, -0.1) is 0 Å². The molecule has 0 spiro atoms. The Morgan fingerprint density at radius 1 is 1.42 bits per heavy atom. The Morgan fingerprint density at radius 2 is 2.25 bits per heavy atom. The summed E-state index contributed by atoms with van der Waals surface area (Å²) in [4.78, 5) is 2.38. The third-order valence-electron chi connectivity index (χ3n) is 2.50. The van der Waals surface area contributed by atoms with Crippen LogP contribution < -0.4 is 5.32 Å². The predicted molar refractivity (Wildman–Crippen MR) is 50.2 cm³/mol. The molecule has 3 heteroatoms. The summed E-state index contributed by atoms with van der Waals surface area (Å²) in [5.74, 6) is 0. The monoisotopic (exact) mass is 172 g/mol. The van der Waals surface area contributed by atoms with Gasteiger partial charge in [0, 0.05) is 12.6 Å². The molecule has 1 fully saturated rings. The van der Waals surface area contributed by atoms with E-state index in [-0.39, 0.29) is 6.61 Å². The number of hydrogen-bond acceptors (Lipinski definition) is 3. The fourth-order valence-electron chi connectivity index (χ4n) is 1.71. The number of rotatable bonds is 3. The lowest BCUT2D eigenvalue weighted by atomic mass is 10.1. The second kappa shape index (κ2) is 5.51. The SMILES string of the molecule is CN1CCCC(NCCO)CC1. The van der Waals surface area contributed by atoms with Crippen molar-refractivity contribution in [1.82, 2.24) is 10.2 Å². The van der Waals surface area contributed by atoms with Crippen LogP contribution in [-0.2, 0) is 0 Å². The fourth-order valence-corrected chi connectivity index (χ4v) is 1.71. The lowest BCUT2D eigenvalue weighted by Gasteiger charge is -2.15. The first-order chi connectivity index (χ1) is 5.83. The normalized spacial score (nSPS) is 27.0. The van der Waals surface area contributed by atoms with Crippen LogP contribution in [0.15, 0.2) is 0 Å². The minimum Gasteiger partial charge on any atom is -0.395 e. The lowest BCUT2D eigenvalue weighted by molar-refractivity contribution is 0.279. The van der Waals surface area contributed by atoms with Gasteiger partial charge in [0.15, 0.2) is 0 Å². The van der Waals surface area contributed by atoms with Crippen molar-refractivity contribution in [3.05, 3.63) is 0 Å². The Bertz CT molecular complexity index is 117. The van der Waals surface area contributed by atoms with Crippen LogP contribution in [0.5, 0.6) is 0 Å². The van der Waals surface area contributed by atoms with E-state index in [1.54, 1.807) is 0 Å². The minimum atomic E-state index is 0.256. The highest BCUT2D eigenvalue weighted by Crippen LogP contribution is 2.08. The Balaban J connectivity index is 2.17. The molecular formula is C9H20N2O. The molecule has 1 aliphatic rings. The molecule has 0 radical (unpaired) electrons. The molecule has 0 aromatic rings. The topological polar surface area (TPSA) is 35.5 Å². The molecular weight excluding hydrogens is 152 g/mol. The van der Waals surface area contributed by atoms with E-state index in [0.29, 0.717) is 6.04 Å². The van der Waals surface area contributed by atoms with Crippen molar-refractivity contribution in [2.45, 2.75) is 25.3 Å². The van der Waals surface area contributed by atoms with E-state index in [0.717, 1.165) is 6.54 Å². The van der Waals surface area contributed by atoms with Crippen molar-refractivity contribution in [2.75, 3.05) is 33.3 Å². The summed E-state index contributed by atoms with van der Waals surface area (Å²) in [6.07, 6.45) is 3.75. The van der Waals surface area contributed by atoms with Crippen molar-refractivity contribution in [3.8, 4) is 0 Å². The van der Waals surface area contributed by atoms with E-state index in [9.17, 15) is 0 Å². The van der Waals surface area contributed by atoms with Gasteiger partial charge in [-0.1, -0.05) is 0 Å². The maximum Gasteiger partial charge on any atom is 0.0556 e. The van der Waals surface area contributed by atoms with E-state index in [2.05, 4.69) is 17.3 Å². The van der Waals surface area contributed by atoms with Crippen molar-refractivity contribution in [2.24, 2.45) is 0 Å². The van der Waals surface area contributed by atoms with E-state index < -0.39 is 0 Å². The van der Waals surface area contributed by atoms with Gasteiger partial charge in [-0.3, -0.25) is 0 Å². The largest absolute Gasteiger partial charge is 0.395 e. The van der Waals surface area contributed by atoms with E-state index in [4.69, 9.17) is 5.11 Å². The van der Waals surface area contributed by atoms with Crippen LogP contribution in [0.25, 0.3) is 0 Å². The standard InChI is InChI=1S/C9H20N2O/c1-11-6-2-3-9(4-7-11)10-5-8-12/h9-10,12H,2-8H2,1H3. The molecule has 3 nitrogen and oxygen atoms in total. The van der Waals surface area contributed by atoms with Gasteiger partial charge < -0.3 is 15.3 Å². The van der Waals surface area contributed by atoms with Gasteiger partial charge in [0.2, 0.25) is 0 Å². The van der Waals surface area contributed by atoms with E-state index in [1.165, 1.54) is 32.4 Å². The Hall–Kier alpha value is -0.120. The van der Waals surface area contributed by atoms with Gasteiger partial charge in [0.1, 0.15) is 0 Å². The summed E-state index contributed by atoms with van der Waals surface area (Å²) >= 11 is 0. The van der Waals surface area contributed by atoms with Crippen LogP contribution in [0.1, 0.15) is 19.3 Å². The summed E-state index contributed by atoms with van der Waals surface area (Å²) < 4.78 is 0. The Morgan fingerprint density at radius 3 is 3.00 bits per heavy atom. The zero-order valence-electron chi connectivity index (χ0n) is 7.92. The quantitative estimate of drug-likeness (QED) is 0.631.